The van der Waals surface area contributed by atoms with Crippen molar-refractivity contribution in [1.82, 2.24) is 0 Å². The molecule has 25 heavy (non-hydrogen) atoms. The number of anilines is 1. The Labute approximate surface area is 148 Å². The lowest BCUT2D eigenvalue weighted by Gasteiger charge is -2.24. The van der Waals surface area contributed by atoms with Gasteiger partial charge in [0, 0.05) is 12.1 Å². The first-order valence-electron chi connectivity index (χ1n) is 8.67. The monoisotopic (exact) mass is 337 g/mol. The summed E-state index contributed by atoms with van der Waals surface area (Å²) in [5.41, 5.74) is 2.31. The number of carbonyl (C=O) groups is 2. The van der Waals surface area contributed by atoms with Crippen LogP contribution in [0.4, 0.5) is 5.69 Å². The summed E-state index contributed by atoms with van der Waals surface area (Å²) in [4.78, 5) is 26.8. The quantitative estimate of drug-likeness (QED) is 0.753. The van der Waals surface area contributed by atoms with Crippen molar-refractivity contribution < 1.29 is 14.3 Å². The summed E-state index contributed by atoms with van der Waals surface area (Å²) in [6.07, 6.45) is 0.691. The second kappa shape index (κ2) is 7.09. The minimum absolute atomic E-state index is 0.0434. The number of esters is 1. The third-order valence-corrected chi connectivity index (χ3v) is 4.82. The van der Waals surface area contributed by atoms with Crippen LogP contribution in [0.5, 0.6) is 0 Å². The van der Waals surface area contributed by atoms with Crippen LogP contribution in [-0.2, 0) is 26.3 Å². The molecule has 0 saturated carbocycles. The molecule has 0 aliphatic carbocycles. The van der Waals surface area contributed by atoms with Crippen LogP contribution in [0.3, 0.4) is 0 Å². The van der Waals surface area contributed by atoms with Crippen LogP contribution in [0.15, 0.2) is 54.6 Å². The molecule has 0 aromatic heterocycles. The molecule has 0 radical (unpaired) electrons. The number of para-hydroxylation sites is 1. The fourth-order valence-electron chi connectivity index (χ4n) is 3.45. The van der Waals surface area contributed by atoms with Crippen molar-refractivity contribution in [3.63, 3.8) is 0 Å². The Balaban J connectivity index is 1.88. The SMILES string of the molecule is CCOC(=O)CCC1(C)C(=O)N(Cc2ccccc2)c2ccccc21. The summed E-state index contributed by atoms with van der Waals surface area (Å²) >= 11 is 0. The predicted molar refractivity (Wildman–Crippen MR) is 97.3 cm³/mol. The predicted octanol–water partition coefficient (Wildman–Crippen LogP) is 3.83. The highest BCUT2D eigenvalue weighted by atomic mass is 16.5. The number of hydrogen-bond donors (Lipinski definition) is 0. The second-order valence-electron chi connectivity index (χ2n) is 6.53. The molecule has 0 N–H and O–H groups in total. The van der Waals surface area contributed by atoms with E-state index < -0.39 is 5.41 Å². The molecule has 3 rings (SSSR count). The van der Waals surface area contributed by atoms with E-state index in [1.54, 1.807) is 6.92 Å². The Morgan fingerprint density at radius 2 is 1.76 bits per heavy atom. The van der Waals surface area contributed by atoms with Crippen LogP contribution in [0.2, 0.25) is 0 Å². The second-order valence-corrected chi connectivity index (χ2v) is 6.53. The van der Waals surface area contributed by atoms with Crippen molar-refractivity contribution in [1.29, 1.82) is 0 Å². The zero-order chi connectivity index (χ0) is 17.9. The number of hydrogen-bond acceptors (Lipinski definition) is 3. The van der Waals surface area contributed by atoms with E-state index in [4.69, 9.17) is 4.74 Å². The fraction of sp³-hybridized carbons (Fsp3) is 0.333. The van der Waals surface area contributed by atoms with E-state index in [9.17, 15) is 9.59 Å². The van der Waals surface area contributed by atoms with Crippen LogP contribution >= 0.6 is 0 Å². The van der Waals surface area contributed by atoms with Gasteiger partial charge in [-0.25, -0.2) is 0 Å². The largest absolute Gasteiger partial charge is 0.466 e. The number of amides is 1. The van der Waals surface area contributed by atoms with Gasteiger partial charge in [-0.2, -0.15) is 0 Å². The van der Waals surface area contributed by atoms with Crippen molar-refractivity contribution in [2.45, 2.75) is 38.6 Å². The van der Waals surface area contributed by atoms with Crippen LogP contribution in [-0.4, -0.2) is 18.5 Å². The summed E-state index contributed by atoms with van der Waals surface area (Å²) in [6.45, 7) is 4.61. The maximum Gasteiger partial charge on any atom is 0.305 e. The van der Waals surface area contributed by atoms with E-state index in [-0.39, 0.29) is 18.3 Å². The number of rotatable bonds is 6. The number of benzene rings is 2. The molecule has 1 unspecified atom stereocenters. The van der Waals surface area contributed by atoms with E-state index >= 15 is 0 Å². The summed E-state index contributed by atoms with van der Waals surface area (Å²) in [7, 11) is 0. The number of nitrogens with zero attached hydrogens (tertiary/aromatic N) is 1. The molecule has 1 aliphatic heterocycles. The van der Waals surface area contributed by atoms with Gasteiger partial charge in [0.2, 0.25) is 5.91 Å². The zero-order valence-corrected chi connectivity index (χ0v) is 14.7. The molecule has 0 saturated heterocycles. The Morgan fingerprint density at radius 1 is 1.08 bits per heavy atom. The standard InChI is InChI=1S/C21H23NO3/c1-3-25-19(23)13-14-21(2)17-11-7-8-12-18(17)22(20(21)24)15-16-9-5-4-6-10-16/h4-12H,3,13-15H2,1-2H3. The van der Waals surface area contributed by atoms with E-state index in [1.807, 2.05) is 66.4 Å². The molecule has 1 aliphatic rings. The van der Waals surface area contributed by atoms with Gasteiger partial charge in [0.25, 0.3) is 0 Å². The summed E-state index contributed by atoms with van der Waals surface area (Å²) in [5.74, 6) is -0.211. The molecule has 1 atom stereocenters. The summed E-state index contributed by atoms with van der Waals surface area (Å²) < 4.78 is 5.03. The lowest BCUT2D eigenvalue weighted by molar-refractivity contribution is -0.143. The molecule has 2 aromatic rings. The molecule has 0 spiro atoms. The molecule has 130 valence electrons. The Hall–Kier alpha value is -2.62. The van der Waals surface area contributed by atoms with Crippen molar-refractivity contribution in [2.75, 3.05) is 11.5 Å². The molecule has 2 aromatic carbocycles. The van der Waals surface area contributed by atoms with Gasteiger partial charge in [0.05, 0.1) is 18.6 Å². The van der Waals surface area contributed by atoms with Crippen molar-refractivity contribution >= 4 is 17.6 Å². The molecule has 0 bridgehead atoms. The summed E-state index contributed by atoms with van der Waals surface area (Å²) in [5, 5.41) is 0. The van der Waals surface area contributed by atoms with Gasteiger partial charge in [-0.15, -0.1) is 0 Å². The van der Waals surface area contributed by atoms with E-state index in [1.165, 1.54) is 0 Å². The molecule has 1 heterocycles. The Bertz CT molecular complexity index is 772. The van der Waals surface area contributed by atoms with Gasteiger partial charge in [0.15, 0.2) is 0 Å². The first-order chi connectivity index (χ1) is 12.1. The van der Waals surface area contributed by atoms with Gasteiger partial charge in [-0.3, -0.25) is 9.59 Å². The zero-order valence-electron chi connectivity index (χ0n) is 14.7. The highest BCUT2D eigenvalue weighted by Crippen LogP contribution is 2.45. The van der Waals surface area contributed by atoms with E-state index in [0.29, 0.717) is 19.6 Å². The van der Waals surface area contributed by atoms with Crippen LogP contribution < -0.4 is 4.90 Å². The lowest BCUT2D eigenvalue weighted by atomic mass is 9.79. The number of fused-ring (bicyclic) bond motifs is 1. The third kappa shape index (κ3) is 3.29. The molecule has 4 nitrogen and oxygen atoms in total. The minimum atomic E-state index is -0.696. The Kier molecular flexibility index (Phi) is 4.88. The number of carbonyl (C=O) groups excluding carboxylic acids is 2. The maximum absolute atomic E-state index is 13.2. The fourth-order valence-corrected chi connectivity index (χ4v) is 3.45. The number of ether oxygens (including phenoxy) is 1. The van der Waals surface area contributed by atoms with Gasteiger partial charge in [0.1, 0.15) is 0 Å². The first-order valence-corrected chi connectivity index (χ1v) is 8.67. The van der Waals surface area contributed by atoms with Crippen LogP contribution in [0, 0.1) is 0 Å². The van der Waals surface area contributed by atoms with Gasteiger partial charge in [-0.05, 0) is 37.5 Å². The third-order valence-electron chi connectivity index (χ3n) is 4.82. The maximum atomic E-state index is 13.2. The molecule has 4 heteroatoms. The lowest BCUT2D eigenvalue weighted by Crippen LogP contribution is -2.38. The first kappa shape index (κ1) is 17.2. The van der Waals surface area contributed by atoms with Crippen LogP contribution in [0.25, 0.3) is 0 Å². The van der Waals surface area contributed by atoms with Crippen molar-refractivity contribution in [3.05, 3.63) is 65.7 Å². The summed E-state index contributed by atoms with van der Waals surface area (Å²) in [6, 6.07) is 17.8. The molecular weight excluding hydrogens is 314 g/mol. The smallest absolute Gasteiger partial charge is 0.305 e. The van der Waals surface area contributed by atoms with Crippen molar-refractivity contribution in [3.8, 4) is 0 Å². The molecule has 0 fully saturated rings. The topological polar surface area (TPSA) is 46.6 Å². The highest BCUT2D eigenvalue weighted by molar-refractivity contribution is 6.07. The van der Waals surface area contributed by atoms with Gasteiger partial charge < -0.3 is 9.64 Å². The van der Waals surface area contributed by atoms with Crippen LogP contribution in [0.1, 0.15) is 37.8 Å². The highest BCUT2D eigenvalue weighted by Gasteiger charge is 2.47. The van der Waals surface area contributed by atoms with Crippen molar-refractivity contribution in [2.24, 2.45) is 0 Å². The van der Waals surface area contributed by atoms with Gasteiger partial charge in [-0.1, -0.05) is 48.5 Å². The van der Waals surface area contributed by atoms with E-state index in [2.05, 4.69) is 0 Å². The van der Waals surface area contributed by atoms with Gasteiger partial charge >= 0.3 is 5.97 Å². The Morgan fingerprint density at radius 3 is 2.48 bits per heavy atom. The average molecular weight is 337 g/mol. The average Bonchev–Trinajstić information content (AvgIpc) is 2.84. The molecule has 1 amide bonds. The molecular formula is C21H23NO3. The minimum Gasteiger partial charge on any atom is -0.466 e. The normalized spacial score (nSPS) is 19.0. The van der Waals surface area contributed by atoms with E-state index in [0.717, 1.165) is 16.8 Å².